The number of nitrogens with zero attached hydrogens (tertiary/aromatic N) is 2. The molecule has 0 saturated carbocycles. The van der Waals surface area contributed by atoms with Gasteiger partial charge in [0.2, 0.25) is 0 Å². The topological polar surface area (TPSA) is 76.4 Å². The Morgan fingerprint density at radius 2 is 1.84 bits per heavy atom. The summed E-state index contributed by atoms with van der Waals surface area (Å²) in [7, 11) is 0. The number of hydrogen-bond donors (Lipinski definition) is 2. The largest absolute Gasteiger partial charge is 0.491 e. The Morgan fingerprint density at radius 3 is 2.65 bits per heavy atom. The third-order valence-corrected chi connectivity index (χ3v) is 5.00. The molecular weight excluding hydrogens is 390 g/mol. The highest BCUT2D eigenvalue weighted by atomic mass is 16.5. The van der Waals surface area contributed by atoms with Crippen molar-refractivity contribution in [2.45, 2.75) is 26.1 Å². The minimum atomic E-state index is -0.735. The van der Waals surface area contributed by atoms with E-state index in [1.165, 1.54) is 0 Å². The normalized spacial score (nSPS) is 11.9. The Bertz CT molecular complexity index is 1170. The monoisotopic (exact) mass is 415 g/mol. The van der Waals surface area contributed by atoms with Crippen LogP contribution in [0.5, 0.6) is 5.75 Å². The fraction of sp³-hybridized carbons (Fsp3) is 0.200. The molecule has 3 aromatic carbocycles. The van der Waals surface area contributed by atoms with Gasteiger partial charge in [-0.05, 0) is 48.9 Å². The summed E-state index contributed by atoms with van der Waals surface area (Å²) >= 11 is 0. The Morgan fingerprint density at radius 1 is 1.06 bits per heavy atom. The van der Waals surface area contributed by atoms with E-state index >= 15 is 0 Å². The number of imidazole rings is 1. The first-order chi connectivity index (χ1) is 15.1. The van der Waals surface area contributed by atoms with Gasteiger partial charge in [0, 0.05) is 5.56 Å². The molecule has 1 unspecified atom stereocenters. The van der Waals surface area contributed by atoms with Gasteiger partial charge in [-0.3, -0.25) is 4.79 Å². The fourth-order valence-corrected chi connectivity index (χ4v) is 3.48. The second-order valence-corrected chi connectivity index (χ2v) is 7.46. The van der Waals surface area contributed by atoms with Gasteiger partial charge in [0.15, 0.2) is 0 Å². The number of amides is 1. The first-order valence-corrected chi connectivity index (χ1v) is 10.2. The third-order valence-electron chi connectivity index (χ3n) is 5.00. The molecule has 1 amide bonds. The number of ether oxygens (including phenoxy) is 1. The molecule has 0 bridgehead atoms. The third kappa shape index (κ3) is 5.10. The van der Waals surface area contributed by atoms with E-state index in [0.29, 0.717) is 17.9 Å². The van der Waals surface area contributed by atoms with Crippen molar-refractivity contribution in [2.24, 2.45) is 0 Å². The lowest BCUT2D eigenvalue weighted by atomic mass is 10.2. The van der Waals surface area contributed by atoms with E-state index in [-0.39, 0.29) is 19.1 Å². The van der Waals surface area contributed by atoms with Crippen LogP contribution in [0.3, 0.4) is 0 Å². The maximum Gasteiger partial charge on any atom is 0.251 e. The van der Waals surface area contributed by atoms with Crippen LogP contribution in [0.4, 0.5) is 0 Å². The molecule has 1 heterocycles. The quantitative estimate of drug-likeness (QED) is 0.460. The van der Waals surface area contributed by atoms with Crippen molar-refractivity contribution in [3.8, 4) is 5.75 Å². The Balaban J connectivity index is 1.47. The molecule has 0 radical (unpaired) electrons. The van der Waals surface area contributed by atoms with Crippen LogP contribution in [0.15, 0.2) is 78.9 Å². The average Bonchev–Trinajstić information content (AvgIpc) is 3.14. The van der Waals surface area contributed by atoms with Crippen molar-refractivity contribution >= 4 is 16.9 Å². The number of carbonyl (C=O) groups excluding carboxylic acids is 1. The lowest BCUT2D eigenvalue weighted by molar-refractivity contribution is 0.0916. The maximum atomic E-state index is 12.4. The molecule has 0 aliphatic carbocycles. The summed E-state index contributed by atoms with van der Waals surface area (Å²) in [5, 5.41) is 13.5. The van der Waals surface area contributed by atoms with Crippen molar-refractivity contribution in [2.75, 3.05) is 6.61 Å². The molecule has 1 atom stereocenters. The Labute approximate surface area is 181 Å². The van der Waals surface area contributed by atoms with Crippen molar-refractivity contribution in [1.29, 1.82) is 0 Å². The van der Waals surface area contributed by atoms with E-state index in [9.17, 15) is 9.90 Å². The number of carbonyl (C=O) groups is 1. The van der Waals surface area contributed by atoms with Crippen molar-refractivity contribution < 1.29 is 14.6 Å². The molecular formula is C25H25N3O3. The molecule has 158 valence electrons. The number of nitrogens with one attached hydrogen (secondary N) is 1. The van der Waals surface area contributed by atoms with E-state index in [0.717, 1.165) is 22.3 Å². The number of hydrogen-bond acceptors (Lipinski definition) is 4. The molecule has 6 nitrogen and oxygen atoms in total. The van der Waals surface area contributed by atoms with E-state index in [1.54, 1.807) is 12.1 Å². The van der Waals surface area contributed by atoms with Gasteiger partial charge < -0.3 is 19.7 Å². The van der Waals surface area contributed by atoms with E-state index in [1.807, 2.05) is 78.2 Å². The molecule has 6 heteroatoms. The SMILES string of the molecule is Cc1cccc(OCC(O)Cn2c(CNC(=O)c3ccccc3)nc3ccccc32)c1. The molecule has 0 fully saturated rings. The summed E-state index contributed by atoms with van der Waals surface area (Å²) in [6, 6.07) is 24.5. The van der Waals surface area contributed by atoms with Gasteiger partial charge in [-0.1, -0.05) is 42.5 Å². The number of aliphatic hydroxyl groups excluding tert-OH is 1. The van der Waals surface area contributed by atoms with Gasteiger partial charge in [-0.2, -0.15) is 0 Å². The number of aryl methyl sites for hydroxylation is 1. The summed E-state index contributed by atoms with van der Waals surface area (Å²) in [6.45, 7) is 2.72. The van der Waals surface area contributed by atoms with Crippen LogP contribution >= 0.6 is 0 Å². The van der Waals surface area contributed by atoms with E-state index in [2.05, 4.69) is 10.3 Å². The predicted molar refractivity (Wildman–Crippen MR) is 120 cm³/mol. The summed E-state index contributed by atoms with van der Waals surface area (Å²) in [4.78, 5) is 17.1. The highest BCUT2D eigenvalue weighted by molar-refractivity contribution is 5.94. The van der Waals surface area contributed by atoms with E-state index in [4.69, 9.17) is 4.74 Å². The minimum absolute atomic E-state index is 0.159. The molecule has 0 aliphatic heterocycles. The molecule has 0 saturated heterocycles. The standard InChI is InChI=1S/C25H25N3O3/c1-18-8-7-11-21(14-18)31-17-20(29)16-28-23-13-6-5-12-22(23)27-24(28)15-26-25(30)19-9-3-2-4-10-19/h2-14,20,29H,15-17H2,1H3,(H,26,30). The van der Waals surface area contributed by atoms with Crippen LogP contribution < -0.4 is 10.1 Å². The second-order valence-electron chi connectivity index (χ2n) is 7.46. The van der Waals surface area contributed by atoms with Crippen LogP contribution in [0, 0.1) is 6.92 Å². The predicted octanol–water partition coefficient (Wildman–Crippen LogP) is 3.71. The molecule has 4 aromatic rings. The molecule has 0 spiro atoms. The molecule has 2 N–H and O–H groups in total. The molecule has 4 rings (SSSR count). The maximum absolute atomic E-state index is 12.4. The van der Waals surface area contributed by atoms with Crippen LogP contribution in [-0.4, -0.2) is 33.3 Å². The zero-order valence-corrected chi connectivity index (χ0v) is 17.4. The van der Waals surface area contributed by atoms with Crippen LogP contribution in [0.25, 0.3) is 11.0 Å². The van der Waals surface area contributed by atoms with Crippen LogP contribution in [0.1, 0.15) is 21.7 Å². The van der Waals surface area contributed by atoms with Crippen molar-refractivity contribution in [1.82, 2.24) is 14.9 Å². The Kier molecular flexibility index (Phi) is 6.29. The van der Waals surface area contributed by atoms with Crippen LogP contribution in [0.2, 0.25) is 0 Å². The molecule has 31 heavy (non-hydrogen) atoms. The Hall–Kier alpha value is -3.64. The van der Waals surface area contributed by atoms with Crippen molar-refractivity contribution in [3.05, 3.63) is 95.8 Å². The number of aliphatic hydroxyl groups is 1. The summed E-state index contributed by atoms with van der Waals surface area (Å²) < 4.78 is 7.69. The zero-order chi connectivity index (χ0) is 21.6. The minimum Gasteiger partial charge on any atom is -0.491 e. The number of para-hydroxylation sites is 2. The van der Waals surface area contributed by atoms with E-state index < -0.39 is 6.10 Å². The van der Waals surface area contributed by atoms with Gasteiger partial charge in [-0.15, -0.1) is 0 Å². The lowest BCUT2D eigenvalue weighted by Gasteiger charge is -2.16. The first kappa shape index (κ1) is 20.6. The van der Waals surface area contributed by atoms with Gasteiger partial charge in [0.05, 0.1) is 24.1 Å². The zero-order valence-electron chi connectivity index (χ0n) is 17.4. The van der Waals surface area contributed by atoms with Gasteiger partial charge in [-0.25, -0.2) is 4.98 Å². The van der Waals surface area contributed by atoms with Crippen LogP contribution in [-0.2, 0) is 13.1 Å². The number of aromatic nitrogens is 2. The molecule has 1 aromatic heterocycles. The second kappa shape index (κ2) is 9.45. The molecule has 0 aliphatic rings. The van der Waals surface area contributed by atoms with Gasteiger partial charge in [0.25, 0.3) is 5.91 Å². The smallest absolute Gasteiger partial charge is 0.251 e. The highest BCUT2D eigenvalue weighted by Gasteiger charge is 2.16. The summed E-state index contributed by atoms with van der Waals surface area (Å²) in [5.74, 6) is 1.24. The first-order valence-electron chi connectivity index (χ1n) is 10.2. The average molecular weight is 415 g/mol. The number of benzene rings is 3. The lowest BCUT2D eigenvalue weighted by Crippen LogP contribution is -2.28. The number of rotatable bonds is 8. The van der Waals surface area contributed by atoms with Crippen molar-refractivity contribution in [3.63, 3.8) is 0 Å². The van der Waals surface area contributed by atoms with Gasteiger partial charge >= 0.3 is 0 Å². The summed E-state index contributed by atoms with van der Waals surface area (Å²) in [5.41, 5.74) is 3.42. The highest BCUT2D eigenvalue weighted by Crippen LogP contribution is 2.18. The van der Waals surface area contributed by atoms with Gasteiger partial charge in [0.1, 0.15) is 24.3 Å². The summed E-state index contributed by atoms with van der Waals surface area (Å²) in [6.07, 6.45) is -0.735. The fourth-order valence-electron chi connectivity index (χ4n) is 3.48. The number of fused-ring (bicyclic) bond motifs is 1.